The number of aliphatic carboxylic acids is 1. The van der Waals surface area contributed by atoms with Crippen LogP contribution in [0.4, 0.5) is 8.78 Å². The topological polar surface area (TPSA) is 66.8 Å². The van der Waals surface area contributed by atoms with Crippen molar-refractivity contribution in [2.45, 2.75) is 49.9 Å². The number of hydrogen-bond acceptors (Lipinski definition) is 3. The highest BCUT2D eigenvalue weighted by Crippen LogP contribution is 2.58. The summed E-state index contributed by atoms with van der Waals surface area (Å²) >= 11 is 0. The van der Waals surface area contributed by atoms with Crippen molar-refractivity contribution in [2.75, 3.05) is 0 Å². The van der Waals surface area contributed by atoms with Crippen LogP contribution in [0.2, 0.25) is 0 Å². The smallest absolute Gasteiger partial charge is 0.456 e. The third-order valence-corrected chi connectivity index (χ3v) is 4.76. The molecule has 4 aliphatic rings. The lowest BCUT2D eigenvalue weighted by molar-refractivity contribution is -0.322. The fraction of sp³-hybridized carbons (Fsp3) is 0.917. The van der Waals surface area contributed by atoms with Crippen LogP contribution in [0.25, 0.3) is 0 Å². The number of ether oxygens (including phenoxy) is 1. The zero-order chi connectivity index (χ0) is 13.1. The molecule has 18 heavy (non-hydrogen) atoms. The van der Waals surface area contributed by atoms with Gasteiger partial charge in [0.1, 0.15) is 0 Å². The molecule has 2 N–H and O–H groups in total. The highest BCUT2D eigenvalue weighted by Gasteiger charge is 2.60. The lowest BCUT2D eigenvalue weighted by atomic mass is 9.53. The first-order chi connectivity index (χ1) is 8.31. The quantitative estimate of drug-likeness (QED) is 0.811. The van der Waals surface area contributed by atoms with Crippen LogP contribution in [0.3, 0.4) is 0 Å². The zero-order valence-electron chi connectivity index (χ0n) is 9.81. The van der Waals surface area contributed by atoms with Gasteiger partial charge in [0.05, 0.1) is 11.7 Å². The van der Waals surface area contributed by atoms with Crippen LogP contribution in [0.5, 0.6) is 0 Å². The van der Waals surface area contributed by atoms with Gasteiger partial charge in [0.2, 0.25) is 0 Å². The Balaban J connectivity index is 1.82. The summed E-state index contributed by atoms with van der Waals surface area (Å²) in [5, 5.41) is 18.5. The second-order valence-electron chi connectivity index (χ2n) is 6.07. The molecule has 4 nitrogen and oxygen atoms in total. The van der Waals surface area contributed by atoms with Crippen molar-refractivity contribution in [3.63, 3.8) is 0 Å². The Morgan fingerprint density at radius 3 is 2.28 bits per heavy atom. The SMILES string of the molecule is O=C(O)C(F)(F)OC12CC3CC(C1)C(O)C(C3)C2. The second kappa shape index (κ2) is 3.63. The van der Waals surface area contributed by atoms with Crippen LogP contribution in [-0.2, 0) is 9.53 Å². The number of carboxylic acids is 1. The Kier molecular flexibility index (Phi) is 2.48. The van der Waals surface area contributed by atoms with Gasteiger partial charge in [-0.2, -0.15) is 8.78 Å². The van der Waals surface area contributed by atoms with E-state index in [1.165, 1.54) is 0 Å². The highest BCUT2D eigenvalue weighted by atomic mass is 19.3. The van der Waals surface area contributed by atoms with Crippen molar-refractivity contribution in [1.82, 2.24) is 0 Å². The van der Waals surface area contributed by atoms with Crippen molar-refractivity contribution in [3.05, 3.63) is 0 Å². The van der Waals surface area contributed by atoms with Crippen molar-refractivity contribution < 1.29 is 28.5 Å². The Morgan fingerprint density at radius 2 is 1.78 bits per heavy atom. The molecule has 0 heterocycles. The van der Waals surface area contributed by atoms with Gasteiger partial charge in [-0.25, -0.2) is 4.79 Å². The minimum atomic E-state index is -4.13. The number of carbonyl (C=O) groups is 1. The Labute approximate surface area is 103 Å². The number of halogens is 2. The standard InChI is InChI=1S/C12H16F2O4/c13-12(14,10(16)17)18-11-3-6-1-7(4-11)9(15)8(2-6)5-11/h6-9,15H,1-5H2,(H,16,17). The first kappa shape index (κ1) is 12.3. The molecule has 2 unspecified atom stereocenters. The number of carboxylic acid groups (broad SMARTS) is 1. The summed E-state index contributed by atoms with van der Waals surface area (Å²) in [4.78, 5) is 10.5. The fourth-order valence-electron chi connectivity index (χ4n) is 4.36. The van der Waals surface area contributed by atoms with E-state index < -0.39 is 23.8 Å². The van der Waals surface area contributed by atoms with E-state index >= 15 is 0 Å². The zero-order valence-corrected chi connectivity index (χ0v) is 9.81. The molecule has 2 atom stereocenters. The molecule has 0 saturated heterocycles. The average Bonchev–Trinajstić information content (AvgIpc) is 2.23. The van der Waals surface area contributed by atoms with E-state index in [0.29, 0.717) is 19.3 Å². The molecule has 0 radical (unpaired) electrons. The minimum Gasteiger partial charge on any atom is -0.475 e. The van der Waals surface area contributed by atoms with Crippen molar-refractivity contribution in [3.8, 4) is 0 Å². The molecule has 0 spiro atoms. The fourth-order valence-corrected chi connectivity index (χ4v) is 4.36. The van der Waals surface area contributed by atoms with Crippen LogP contribution >= 0.6 is 0 Å². The maximum atomic E-state index is 13.3. The van der Waals surface area contributed by atoms with E-state index in [-0.39, 0.29) is 17.8 Å². The van der Waals surface area contributed by atoms with Gasteiger partial charge in [0.25, 0.3) is 0 Å². The van der Waals surface area contributed by atoms with Crippen LogP contribution in [-0.4, -0.2) is 34.0 Å². The lowest BCUT2D eigenvalue weighted by Gasteiger charge is -2.58. The van der Waals surface area contributed by atoms with E-state index in [0.717, 1.165) is 12.8 Å². The molecule has 0 aromatic carbocycles. The van der Waals surface area contributed by atoms with Gasteiger partial charge in [-0.15, -0.1) is 0 Å². The summed E-state index contributed by atoms with van der Waals surface area (Å²) in [6.07, 6.45) is -1.67. The number of rotatable bonds is 3. The van der Waals surface area contributed by atoms with Crippen LogP contribution in [0, 0.1) is 17.8 Å². The van der Waals surface area contributed by atoms with Gasteiger partial charge >= 0.3 is 12.1 Å². The van der Waals surface area contributed by atoms with Gasteiger partial charge in [0.15, 0.2) is 0 Å². The molecule has 0 aromatic rings. The Bertz CT molecular complexity index is 368. The van der Waals surface area contributed by atoms with Crippen molar-refractivity contribution in [2.24, 2.45) is 17.8 Å². The van der Waals surface area contributed by atoms with Crippen LogP contribution < -0.4 is 0 Å². The number of hydrogen-bond donors (Lipinski definition) is 2. The van der Waals surface area contributed by atoms with Crippen LogP contribution in [0.1, 0.15) is 32.1 Å². The second-order valence-corrected chi connectivity index (χ2v) is 6.07. The molecular weight excluding hydrogens is 246 g/mol. The Morgan fingerprint density at radius 1 is 1.22 bits per heavy atom. The van der Waals surface area contributed by atoms with E-state index in [1.54, 1.807) is 0 Å². The molecule has 4 aliphatic carbocycles. The third-order valence-electron chi connectivity index (χ3n) is 4.76. The monoisotopic (exact) mass is 262 g/mol. The van der Waals surface area contributed by atoms with Gasteiger partial charge in [0, 0.05) is 0 Å². The minimum absolute atomic E-state index is 0.0131. The molecule has 4 saturated carbocycles. The molecular formula is C12H16F2O4. The van der Waals surface area contributed by atoms with Gasteiger partial charge in [-0.3, -0.25) is 0 Å². The summed E-state index contributed by atoms with van der Waals surface area (Å²) < 4.78 is 31.2. The third kappa shape index (κ3) is 1.73. The molecule has 6 heteroatoms. The van der Waals surface area contributed by atoms with Gasteiger partial charge < -0.3 is 14.9 Å². The average molecular weight is 262 g/mol. The van der Waals surface area contributed by atoms with E-state index in [9.17, 15) is 18.7 Å². The molecule has 0 aliphatic heterocycles. The molecule has 102 valence electrons. The van der Waals surface area contributed by atoms with Crippen molar-refractivity contribution >= 4 is 5.97 Å². The summed E-state index contributed by atoms with van der Waals surface area (Å²) in [5.41, 5.74) is -1.04. The molecule has 4 rings (SSSR count). The normalized spacial score (nSPS) is 46.4. The maximum absolute atomic E-state index is 13.3. The van der Waals surface area contributed by atoms with Gasteiger partial charge in [-0.1, -0.05) is 0 Å². The number of aliphatic hydroxyl groups excluding tert-OH is 1. The maximum Gasteiger partial charge on any atom is 0.456 e. The summed E-state index contributed by atoms with van der Waals surface area (Å²) in [5.74, 6) is -1.98. The lowest BCUT2D eigenvalue weighted by Crippen LogP contribution is -2.60. The van der Waals surface area contributed by atoms with E-state index in [1.807, 2.05) is 0 Å². The summed E-state index contributed by atoms with van der Waals surface area (Å²) in [6, 6.07) is 0. The number of alkyl halides is 2. The first-order valence-corrected chi connectivity index (χ1v) is 6.31. The summed E-state index contributed by atoms with van der Waals surface area (Å²) in [7, 11) is 0. The largest absolute Gasteiger partial charge is 0.475 e. The first-order valence-electron chi connectivity index (χ1n) is 6.31. The van der Waals surface area contributed by atoms with Gasteiger partial charge in [-0.05, 0) is 49.9 Å². The van der Waals surface area contributed by atoms with E-state index in [2.05, 4.69) is 0 Å². The number of aliphatic hydroxyl groups is 1. The van der Waals surface area contributed by atoms with Crippen LogP contribution in [0.15, 0.2) is 0 Å². The predicted octanol–water partition coefficient (Wildman–Crippen LogP) is 1.62. The highest BCUT2D eigenvalue weighted by molar-refractivity contribution is 5.73. The van der Waals surface area contributed by atoms with Crippen molar-refractivity contribution in [1.29, 1.82) is 0 Å². The predicted molar refractivity (Wildman–Crippen MR) is 56.0 cm³/mol. The summed E-state index contributed by atoms with van der Waals surface area (Å²) in [6.45, 7) is 0. The molecule has 0 amide bonds. The molecule has 0 aromatic heterocycles. The molecule has 4 bridgehead atoms. The van der Waals surface area contributed by atoms with E-state index in [4.69, 9.17) is 9.84 Å². The Hall–Kier alpha value is -0.750. The molecule has 4 fully saturated rings.